The number of hydrogen-bond donors (Lipinski definition) is 1. The van der Waals surface area contributed by atoms with Gasteiger partial charge in [-0.1, -0.05) is 0 Å². The topological polar surface area (TPSA) is 67.9 Å². The van der Waals surface area contributed by atoms with Crippen molar-refractivity contribution in [3.05, 3.63) is 11.8 Å². The van der Waals surface area contributed by atoms with Gasteiger partial charge in [0.2, 0.25) is 5.91 Å². The van der Waals surface area contributed by atoms with Gasteiger partial charge >= 0.3 is 6.09 Å². The summed E-state index contributed by atoms with van der Waals surface area (Å²) in [6.07, 6.45) is 2.78. The molecule has 0 radical (unpaired) electrons. The molecule has 1 aliphatic rings. The second kappa shape index (κ2) is 7.33. The molecule has 1 fully saturated rings. The predicted molar refractivity (Wildman–Crippen MR) is 79.7 cm³/mol. The van der Waals surface area contributed by atoms with Crippen molar-refractivity contribution in [1.29, 1.82) is 0 Å². The molecule has 0 spiro atoms. The Morgan fingerprint density at radius 2 is 2.00 bits per heavy atom. The summed E-state index contributed by atoms with van der Waals surface area (Å²) in [6, 6.07) is -0.0565. The van der Waals surface area contributed by atoms with Gasteiger partial charge in [0.1, 0.15) is 5.60 Å². The Morgan fingerprint density at radius 1 is 1.33 bits per heavy atom. The number of carbonyl (C=O) groups is 2. The summed E-state index contributed by atoms with van der Waals surface area (Å²) in [5.74, 6) is -0.173. The van der Waals surface area contributed by atoms with Crippen molar-refractivity contribution in [3.8, 4) is 0 Å². The Kier molecular flexibility index (Phi) is 6.05. The summed E-state index contributed by atoms with van der Waals surface area (Å²) in [5, 5.41) is 2.91. The molecule has 6 heteroatoms. The van der Waals surface area contributed by atoms with Crippen molar-refractivity contribution in [2.75, 3.05) is 20.2 Å². The van der Waals surface area contributed by atoms with Crippen molar-refractivity contribution in [2.24, 2.45) is 0 Å². The van der Waals surface area contributed by atoms with Gasteiger partial charge in [-0.15, -0.1) is 0 Å². The molecule has 6 nitrogen and oxygen atoms in total. The summed E-state index contributed by atoms with van der Waals surface area (Å²) < 4.78 is 10.2. The minimum atomic E-state index is -0.509. The lowest BCUT2D eigenvalue weighted by Crippen LogP contribution is -2.50. The molecule has 0 bridgehead atoms. The van der Waals surface area contributed by atoms with Gasteiger partial charge < -0.3 is 19.7 Å². The SMILES string of the molecule is CO/C=C(\C)C(=O)N[C@H]1CCCN(C(=O)OC(C)(C)C)C1. The highest BCUT2D eigenvalue weighted by atomic mass is 16.6. The lowest BCUT2D eigenvalue weighted by molar-refractivity contribution is -0.118. The molecule has 1 rings (SSSR count). The van der Waals surface area contributed by atoms with Crippen molar-refractivity contribution < 1.29 is 19.1 Å². The Balaban J connectivity index is 2.54. The maximum atomic E-state index is 12.0. The summed E-state index contributed by atoms with van der Waals surface area (Å²) in [5.41, 5.74) is -0.00248. The minimum absolute atomic E-state index is 0.0565. The Hall–Kier alpha value is -1.72. The number of amides is 2. The van der Waals surface area contributed by atoms with Crippen molar-refractivity contribution >= 4 is 12.0 Å². The number of carbonyl (C=O) groups excluding carboxylic acids is 2. The molecule has 2 amide bonds. The van der Waals surface area contributed by atoms with Crippen LogP contribution in [0.25, 0.3) is 0 Å². The van der Waals surface area contributed by atoms with E-state index in [1.54, 1.807) is 11.8 Å². The number of methoxy groups -OCH3 is 1. The number of nitrogens with zero attached hydrogens (tertiary/aromatic N) is 1. The molecule has 1 heterocycles. The van der Waals surface area contributed by atoms with Crippen LogP contribution in [-0.2, 0) is 14.3 Å². The number of rotatable bonds is 3. The largest absolute Gasteiger partial charge is 0.504 e. The van der Waals surface area contributed by atoms with Gasteiger partial charge in [-0.05, 0) is 40.5 Å². The van der Waals surface area contributed by atoms with E-state index in [1.165, 1.54) is 13.4 Å². The monoisotopic (exact) mass is 298 g/mol. The van der Waals surface area contributed by atoms with E-state index in [4.69, 9.17) is 9.47 Å². The fraction of sp³-hybridized carbons (Fsp3) is 0.733. The van der Waals surface area contributed by atoms with Crippen LogP contribution >= 0.6 is 0 Å². The third kappa shape index (κ3) is 6.06. The zero-order valence-electron chi connectivity index (χ0n) is 13.6. The summed E-state index contributed by atoms with van der Waals surface area (Å²) in [4.78, 5) is 25.6. The number of piperidine rings is 1. The van der Waals surface area contributed by atoms with Gasteiger partial charge in [0.15, 0.2) is 0 Å². The van der Waals surface area contributed by atoms with E-state index < -0.39 is 5.60 Å². The molecule has 120 valence electrons. The quantitative estimate of drug-likeness (QED) is 0.639. The molecule has 0 aromatic rings. The Bertz CT molecular complexity index is 412. The molecule has 0 unspecified atom stereocenters. The normalized spacial score (nSPS) is 20.0. The molecular formula is C15H26N2O4. The molecule has 1 atom stereocenters. The highest BCUT2D eigenvalue weighted by molar-refractivity contribution is 5.92. The zero-order valence-corrected chi connectivity index (χ0v) is 13.6. The average molecular weight is 298 g/mol. The third-order valence-corrected chi connectivity index (χ3v) is 3.06. The lowest BCUT2D eigenvalue weighted by Gasteiger charge is -2.34. The van der Waals surface area contributed by atoms with Crippen molar-refractivity contribution in [1.82, 2.24) is 10.2 Å². The first-order valence-electron chi connectivity index (χ1n) is 7.21. The first-order valence-corrected chi connectivity index (χ1v) is 7.21. The molecule has 0 aromatic carbocycles. The lowest BCUT2D eigenvalue weighted by atomic mass is 10.1. The van der Waals surface area contributed by atoms with Gasteiger partial charge in [0, 0.05) is 24.7 Å². The second-order valence-electron chi connectivity index (χ2n) is 6.28. The van der Waals surface area contributed by atoms with Crippen LogP contribution in [0.4, 0.5) is 4.79 Å². The summed E-state index contributed by atoms with van der Waals surface area (Å²) in [6.45, 7) is 8.34. The van der Waals surface area contributed by atoms with Gasteiger partial charge in [0.25, 0.3) is 0 Å². The van der Waals surface area contributed by atoms with Gasteiger partial charge in [-0.3, -0.25) is 4.79 Å². The Morgan fingerprint density at radius 3 is 2.57 bits per heavy atom. The molecule has 0 aliphatic carbocycles. The van der Waals surface area contributed by atoms with Crippen LogP contribution in [0.1, 0.15) is 40.5 Å². The Labute approximate surface area is 126 Å². The predicted octanol–water partition coefficient (Wildman–Crippen LogP) is 2.05. The van der Waals surface area contributed by atoms with Gasteiger partial charge in [-0.25, -0.2) is 4.79 Å². The smallest absolute Gasteiger partial charge is 0.410 e. The molecule has 1 N–H and O–H groups in total. The number of hydrogen-bond acceptors (Lipinski definition) is 4. The first-order chi connectivity index (χ1) is 9.73. The second-order valence-corrected chi connectivity index (χ2v) is 6.28. The van der Waals surface area contributed by atoms with E-state index >= 15 is 0 Å². The van der Waals surface area contributed by atoms with E-state index in [0.29, 0.717) is 18.7 Å². The van der Waals surface area contributed by atoms with E-state index in [2.05, 4.69) is 5.32 Å². The van der Waals surface area contributed by atoms with Crippen LogP contribution in [0.15, 0.2) is 11.8 Å². The first kappa shape index (κ1) is 17.3. The van der Waals surface area contributed by atoms with Gasteiger partial charge in [0.05, 0.1) is 13.4 Å². The van der Waals surface area contributed by atoms with E-state index in [1.807, 2.05) is 20.8 Å². The molecule has 1 saturated heterocycles. The van der Waals surface area contributed by atoms with Crippen LogP contribution in [0.3, 0.4) is 0 Å². The van der Waals surface area contributed by atoms with E-state index in [-0.39, 0.29) is 18.0 Å². The van der Waals surface area contributed by atoms with E-state index in [9.17, 15) is 9.59 Å². The molecular weight excluding hydrogens is 272 g/mol. The van der Waals surface area contributed by atoms with Crippen LogP contribution < -0.4 is 5.32 Å². The van der Waals surface area contributed by atoms with E-state index in [0.717, 1.165) is 12.8 Å². The number of ether oxygens (including phenoxy) is 2. The third-order valence-electron chi connectivity index (χ3n) is 3.06. The highest BCUT2D eigenvalue weighted by Crippen LogP contribution is 2.15. The van der Waals surface area contributed by atoms with Crippen molar-refractivity contribution in [3.63, 3.8) is 0 Å². The highest BCUT2D eigenvalue weighted by Gasteiger charge is 2.28. The maximum absolute atomic E-state index is 12.0. The van der Waals surface area contributed by atoms with Gasteiger partial charge in [-0.2, -0.15) is 0 Å². The van der Waals surface area contributed by atoms with Crippen LogP contribution in [-0.4, -0.2) is 48.7 Å². The van der Waals surface area contributed by atoms with Crippen LogP contribution in [0, 0.1) is 0 Å². The molecule has 1 aliphatic heterocycles. The summed E-state index contributed by atoms with van der Waals surface area (Å²) >= 11 is 0. The average Bonchev–Trinajstić information content (AvgIpc) is 2.37. The van der Waals surface area contributed by atoms with Crippen LogP contribution in [0.5, 0.6) is 0 Å². The molecule has 0 aromatic heterocycles. The number of nitrogens with one attached hydrogen (secondary N) is 1. The molecule has 21 heavy (non-hydrogen) atoms. The van der Waals surface area contributed by atoms with Crippen molar-refractivity contribution in [2.45, 2.75) is 52.2 Å². The fourth-order valence-corrected chi connectivity index (χ4v) is 2.12. The maximum Gasteiger partial charge on any atom is 0.410 e. The minimum Gasteiger partial charge on any atom is -0.504 e. The summed E-state index contributed by atoms with van der Waals surface area (Å²) in [7, 11) is 1.50. The van der Waals surface area contributed by atoms with Crippen LogP contribution in [0.2, 0.25) is 0 Å². The molecule has 0 saturated carbocycles. The number of likely N-dealkylation sites (tertiary alicyclic amines) is 1. The fourth-order valence-electron chi connectivity index (χ4n) is 2.12. The standard InChI is InChI=1S/C15H26N2O4/c1-11(10-20-5)13(18)16-12-7-6-8-17(9-12)14(19)21-15(2,3)4/h10,12H,6-9H2,1-5H3,(H,16,18)/b11-10+/t12-/m0/s1. The zero-order chi connectivity index (χ0) is 16.0.